The van der Waals surface area contributed by atoms with E-state index in [1.54, 1.807) is 18.6 Å². The Morgan fingerprint density at radius 1 is 0.966 bits per heavy atom. The summed E-state index contributed by atoms with van der Waals surface area (Å²) in [7, 11) is 0. The van der Waals surface area contributed by atoms with Crippen LogP contribution in [0.2, 0.25) is 0 Å². The lowest BCUT2D eigenvalue weighted by Gasteiger charge is -2.07. The van der Waals surface area contributed by atoms with Crippen molar-refractivity contribution in [1.29, 1.82) is 0 Å². The molecule has 3 heterocycles. The minimum atomic E-state index is -0.135. The maximum absolute atomic E-state index is 12.6. The van der Waals surface area contributed by atoms with Gasteiger partial charge in [0.25, 0.3) is 0 Å². The number of pyridine rings is 2. The van der Waals surface area contributed by atoms with Gasteiger partial charge < -0.3 is 4.52 Å². The van der Waals surface area contributed by atoms with Crippen LogP contribution in [0, 0.1) is 6.92 Å². The topological polar surface area (TPSA) is 80.9 Å². The lowest BCUT2D eigenvalue weighted by molar-refractivity contribution is -0.116. The van der Waals surface area contributed by atoms with Gasteiger partial charge in [0.15, 0.2) is 0 Å². The van der Waals surface area contributed by atoms with Crippen molar-refractivity contribution in [3.8, 4) is 22.5 Å². The van der Waals surface area contributed by atoms with Crippen LogP contribution in [0.25, 0.3) is 22.5 Å². The highest BCUT2D eigenvalue weighted by Gasteiger charge is 2.22. The molecule has 1 amide bonds. The van der Waals surface area contributed by atoms with E-state index in [9.17, 15) is 4.79 Å². The van der Waals surface area contributed by atoms with Gasteiger partial charge in [-0.1, -0.05) is 41.6 Å². The molecule has 4 rings (SSSR count). The number of aromatic nitrogens is 3. The number of hydrogen-bond acceptors (Lipinski definition) is 5. The van der Waals surface area contributed by atoms with Gasteiger partial charge in [-0.25, -0.2) is 0 Å². The molecule has 0 aliphatic heterocycles. The quantitative estimate of drug-likeness (QED) is 0.522. The standard InChI is InChI=1S/C23H20N4O2/c1-16-6-5-13-25-21(16)22-20(18-11-14-24-15-12-18)23(29-27-22)26-19(28)10-9-17-7-3-2-4-8-17/h2-8,11-15H,9-10H2,1H3,(H,26,28). The SMILES string of the molecule is Cc1cccnc1-c1noc(NC(=O)CCc2ccccc2)c1-c1ccncc1. The van der Waals surface area contributed by atoms with E-state index in [0.29, 0.717) is 35.7 Å². The molecule has 0 unspecified atom stereocenters. The summed E-state index contributed by atoms with van der Waals surface area (Å²) < 4.78 is 5.54. The zero-order valence-electron chi connectivity index (χ0n) is 16.0. The van der Waals surface area contributed by atoms with Crippen molar-refractivity contribution in [3.63, 3.8) is 0 Å². The van der Waals surface area contributed by atoms with Crippen LogP contribution in [0.15, 0.2) is 77.7 Å². The van der Waals surface area contributed by atoms with Gasteiger partial charge in [-0.15, -0.1) is 0 Å². The second kappa shape index (κ2) is 8.48. The van der Waals surface area contributed by atoms with E-state index >= 15 is 0 Å². The molecular weight excluding hydrogens is 364 g/mol. The average molecular weight is 384 g/mol. The molecule has 144 valence electrons. The number of nitrogens with zero attached hydrogens (tertiary/aromatic N) is 3. The summed E-state index contributed by atoms with van der Waals surface area (Å²) in [6.07, 6.45) is 6.10. The summed E-state index contributed by atoms with van der Waals surface area (Å²) in [4.78, 5) is 21.1. The van der Waals surface area contributed by atoms with Crippen molar-refractivity contribution in [3.05, 3.63) is 84.3 Å². The maximum atomic E-state index is 12.6. The fraction of sp³-hybridized carbons (Fsp3) is 0.130. The number of hydrogen-bond donors (Lipinski definition) is 1. The normalized spacial score (nSPS) is 10.7. The number of carbonyl (C=O) groups is 1. The third kappa shape index (κ3) is 4.21. The first-order chi connectivity index (χ1) is 14.2. The highest BCUT2D eigenvalue weighted by molar-refractivity contribution is 5.97. The lowest BCUT2D eigenvalue weighted by atomic mass is 10.0. The Labute approximate surface area is 168 Å². The molecule has 0 saturated heterocycles. The summed E-state index contributed by atoms with van der Waals surface area (Å²) >= 11 is 0. The fourth-order valence-corrected chi connectivity index (χ4v) is 3.15. The summed E-state index contributed by atoms with van der Waals surface area (Å²) in [5.74, 6) is 0.180. The Hall–Kier alpha value is -3.80. The first kappa shape index (κ1) is 18.6. The molecule has 3 aromatic heterocycles. The van der Waals surface area contributed by atoms with Crippen LogP contribution >= 0.6 is 0 Å². The number of anilines is 1. The summed E-state index contributed by atoms with van der Waals surface area (Å²) in [6.45, 7) is 1.96. The Kier molecular flexibility index (Phi) is 5.42. The second-order valence-corrected chi connectivity index (χ2v) is 6.67. The molecule has 0 bridgehead atoms. The minimum absolute atomic E-state index is 0.135. The zero-order valence-corrected chi connectivity index (χ0v) is 16.0. The zero-order chi connectivity index (χ0) is 20.1. The first-order valence-corrected chi connectivity index (χ1v) is 9.38. The Morgan fingerprint density at radius 2 is 1.76 bits per heavy atom. The lowest BCUT2D eigenvalue weighted by Crippen LogP contribution is -2.12. The van der Waals surface area contributed by atoms with Gasteiger partial charge in [-0.2, -0.15) is 0 Å². The molecule has 1 N–H and O–H groups in total. The molecule has 6 nitrogen and oxygen atoms in total. The van der Waals surface area contributed by atoms with Gasteiger partial charge >= 0.3 is 0 Å². The van der Waals surface area contributed by atoms with Crippen molar-refractivity contribution in [1.82, 2.24) is 15.1 Å². The molecule has 0 atom stereocenters. The predicted octanol–water partition coefficient (Wildman–Crippen LogP) is 4.68. The Morgan fingerprint density at radius 3 is 2.52 bits per heavy atom. The number of rotatable bonds is 6. The van der Waals surface area contributed by atoms with Crippen molar-refractivity contribution >= 4 is 11.8 Å². The van der Waals surface area contributed by atoms with Crippen molar-refractivity contribution < 1.29 is 9.32 Å². The van der Waals surface area contributed by atoms with Gasteiger partial charge in [0.2, 0.25) is 11.8 Å². The summed E-state index contributed by atoms with van der Waals surface area (Å²) in [6, 6.07) is 17.4. The van der Waals surface area contributed by atoms with E-state index in [2.05, 4.69) is 20.4 Å². The molecule has 1 aromatic carbocycles. The molecular formula is C23H20N4O2. The molecule has 6 heteroatoms. The van der Waals surface area contributed by atoms with E-state index in [4.69, 9.17) is 4.52 Å². The number of aryl methyl sites for hydroxylation is 2. The van der Waals surface area contributed by atoms with Gasteiger partial charge in [0.05, 0.1) is 11.3 Å². The van der Waals surface area contributed by atoms with Crippen LogP contribution in [-0.4, -0.2) is 21.0 Å². The molecule has 0 fully saturated rings. The second-order valence-electron chi connectivity index (χ2n) is 6.67. The highest BCUT2D eigenvalue weighted by atomic mass is 16.5. The monoisotopic (exact) mass is 384 g/mol. The fourth-order valence-electron chi connectivity index (χ4n) is 3.15. The molecule has 0 radical (unpaired) electrons. The van der Waals surface area contributed by atoms with Crippen molar-refractivity contribution in [2.75, 3.05) is 5.32 Å². The molecule has 4 aromatic rings. The molecule has 29 heavy (non-hydrogen) atoms. The molecule has 0 aliphatic rings. The van der Waals surface area contributed by atoms with E-state index < -0.39 is 0 Å². The summed E-state index contributed by atoms with van der Waals surface area (Å²) in [5.41, 5.74) is 4.93. The number of nitrogens with one attached hydrogen (secondary N) is 1. The Balaban J connectivity index is 1.63. The van der Waals surface area contributed by atoms with Crippen molar-refractivity contribution in [2.24, 2.45) is 0 Å². The van der Waals surface area contributed by atoms with Gasteiger partial charge in [0.1, 0.15) is 5.69 Å². The van der Waals surface area contributed by atoms with Crippen molar-refractivity contribution in [2.45, 2.75) is 19.8 Å². The molecule has 0 saturated carbocycles. The Bertz CT molecular complexity index is 1110. The van der Waals surface area contributed by atoms with Gasteiger partial charge in [-0.05, 0) is 48.2 Å². The van der Waals surface area contributed by atoms with Crippen LogP contribution in [-0.2, 0) is 11.2 Å². The number of carbonyl (C=O) groups excluding carboxylic acids is 1. The van der Waals surface area contributed by atoms with Crippen LogP contribution in [0.4, 0.5) is 5.88 Å². The van der Waals surface area contributed by atoms with E-state index in [0.717, 1.165) is 16.7 Å². The predicted molar refractivity (Wildman–Crippen MR) is 111 cm³/mol. The summed E-state index contributed by atoms with van der Waals surface area (Å²) in [5, 5.41) is 7.09. The largest absolute Gasteiger partial charge is 0.337 e. The van der Waals surface area contributed by atoms with E-state index in [1.807, 2.05) is 61.5 Å². The highest BCUT2D eigenvalue weighted by Crippen LogP contribution is 2.37. The maximum Gasteiger partial charge on any atom is 0.239 e. The smallest absolute Gasteiger partial charge is 0.239 e. The first-order valence-electron chi connectivity index (χ1n) is 9.38. The van der Waals surface area contributed by atoms with Gasteiger partial charge in [-0.3, -0.25) is 20.1 Å². The average Bonchev–Trinajstić information content (AvgIpc) is 3.17. The van der Waals surface area contributed by atoms with Crippen LogP contribution in [0.1, 0.15) is 17.5 Å². The minimum Gasteiger partial charge on any atom is -0.337 e. The van der Waals surface area contributed by atoms with Crippen LogP contribution < -0.4 is 5.32 Å². The van der Waals surface area contributed by atoms with E-state index in [-0.39, 0.29) is 5.91 Å². The molecule has 0 spiro atoms. The van der Waals surface area contributed by atoms with Gasteiger partial charge in [0, 0.05) is 25.0 Å². The van der Waals surface area contributed by atoms with Crippen LogP contribution in [0.3, 0.4) is 0 Å². The third-order valence-electron chi connectivity index (χ3n) is 4.63. The number of amides is 1. The van der Waals surface area contributed by atoms with E-state index in [1.165, 1.54) is 0 Å². The molecule has 0 aliphatic carbocycles. The number of benzene rings is 1. The van der Waals surface area contributed by atoms with Crippen LogP contribution in [0.5, 0.6) is 0 Å². The third-order valence-corrected chi connectivity index (χ3v) is 4.63.